The third kappa shape index (κ3) is 1.65. The summed E-state index contributed by atoms with van der Waals surface area (Å²) in [5.74, 6) is 0. The first-order chi connectivity index (χ1) is 6.35. The van der Waals surface area contributed by atoms with Crippen molar-refractivity contribution >= 4 is 6.29 Å². The number of rotatable bonds is 3. The Hall–Kier alpha value is -1.09. The van der Waals surface area contributed by atoms with E-state index in [9.17, 15) is 4.79 Å². The van der Waals surface area contributed by atoms with E-state index in [1.807, 2.05) is 6.07 Å². The van der Waals surface area contributed by atoms with Crippen molar-refractivity contribution in [2.24, 2.45) is 5.41 Å². The van der Waals surface area contributed by atoms with E-state index < -0.39 is 0 Å². The van der Waals surface area contributed by atoms with Crippen LogP contribution in [0.4, 0.5) is 0 Å². The second-order valence-corrected chi connectivity index (χ2v) is 3.59. The summed E-state index contributed by atoms with van der Waals surface area (Å²) in [5, 5.41) is 0. The minimum Gasteiger partial charge on any atom is -0.472 e. The maximum atomic E-state index is 10.9. The normalized spacial score (nSPS) is 27.7. The Morgan fingerprint density at radius 1 is 1.62 bits per heavy atom. The van der Waals surface area contributed by atoms with E-state index in [4.69, 9.17) is 9.15 Å². The SMILES string of the molecule is O=CC1(Cc2ccoc2)CCOC1. The lowest BCUT2D eigenvalue weighted by Crippen LogP contribution is -2.25. The van der Waals surface area contributed by atoms with Crippen LogP contribution in [0.2, 0.25) is 0 Å². The molecule has 1 aromatic heterocycles. The molecule has 13 heavy (non-hydrogen) atoms. The van der Waals surface area contributed by atoms with Gasteiger partial charge in [-0.1, -0.05) is 0 Å². The Bertz CT molecular complexity index is 270. The molecule has 2 rings (SSSR count). The van der Waals surface area contributed by atoms with Crippen molar-refractivity contribution in [1.29, 1.82) is 0 Å². The highest BCUT2D eigenvalue weighted by Gasteiger charge is 2.34. The molecule has 3 nitrogen and oxygen atoms in total. The molecule has 0 aromatic carbocycles. The largest absolute Gasteiger partial charge is 0.472 e. The van der Waals surface area contributed by atoms with Gasteiger partial charge in [-0.05, 0) is 24.5 Å². The lowest BCUT2D eigenvalue weighted by atomic mass is 9.83. The molecule has 0 saturated carbocycles. The number of hydrogen-bond acceptors (Lipinski definition) is 3. The van der Waals surface area contributed by atoms with Crippen LogP contribution in [0.15, 0.2) is 23.0 Å². The van der Waals surface area contributed by atoms with Gasteiger partial charge in [0.25, 0.3) is 0 Å². The predicted molar refractivity (Wildman–Crippen MR) is 46.3 cm³/mol. The molecule has 1 unspecified atom stereocenters. The van der Waals surface area contributed by atoms with Crippen molar-refractivity contribution in [3.05, 3.63) is 24.2 Å². The Labute approximate surface area is 76.7 Å². The molecule has 2 heterocycles. The molecule has 0 N–H and O–H groups in total. The van der Waals surface area contributed by atoms with Crippen LogP contribution in [0.5, 0.6) is 0 Å². The van der Waals surface area contributed by atoms with E-state index in [1.165, 1.54) is 0 Å². The first-order valence-corrected chi connectivity index (χ1v) is 4.40. The van der Waals surface area contributed by atoms with Crippen LogP contribution in [0.25, 0.3) is 0 Å². The number of carbonyl (C=O) groups excluding carboxylic acids is 1. The monoisotopic (exact) mass is 180 g/mol. The van der Waals surface area contributed by atoms with Crippen molar-refractivity contribution < 1.29 is 13.9 Å². The standard InChI is InChI=1S/C10H12O3/c11-7-10(2-4-13-8-10)5-9-1-3-12-6-9/h1,3,6-7H,2,4-5,8H2. The molecule has 0 aliphatic carbocycles. The highest BCUT2D eigenvalue weighted by atomic mass is 16.5. The van der Waals surface area contributed by atoms with E-state index in [0.717, 1.165) is 24.7 Å². The summed E-state index contributed by atoms with van der Waals surface area (Å²) in [4.78, 5) is 10.9. The lowest BCUT2D eigenvalue weighted by molar-refractivity contribution is -0.116. The summed E-state index contributed by atoms with van der Waals surface area (Å²) in [6.45, 7) is 1.23. The van der Waals surface area contributed by atoms with Crippen LogP contribution in [0, 0.1) is 5.41 Å². The van der Waals surface area contributed by atoms with E-state index in [2.05, 4.69) is 0 Å². The molecule has 3 heteroatoms. The van der Waals surface area contributed by atoms with Gasteiger partial charge in [0.15, 0.2) is 0 Å². The zero-order valence-electron chi connectivity index (χ0n) is 7.36. The van der Waals surface area contributed by atoms with Gasteiger partial charge in [-0.15, -0.1) is 0 Å². The van der Waals surface area contributed by atoms with Gasteiger partial charge in [-0.25, -0.2) is 0 Å². The van der Waals surface area contributed by atoms with Gasteiger partial charge < -0.3 is 13.9 Å². The van der Waals surface area contributed by atoms with Crippen LogP contribution < -0.4 is 0 Å². The number of carbonyl (C=O) groups is 1. The minimum absolute atomic E-state index is 0.302. The first kappa shape index (κ1) is 8.51. The second-order valence-electron chi connectivity index (χ2n) is 3.59. The van der Waals surface area contributed by atoms with Gasteiger partial charge in [0.05, 0.1) is 24.5 Å². The predicted octanol–water partition coefficient (Wildman–Crippen LogP) is 1.43. The summed E-state index contributed by atoms with van der Waals surface area (Å²) in [5.41, 5.74) is 0.766. The molecule has 0 amide bonds. The number of hydrogen-bond donors (Lipinski definition) is 0. The zero-order chi connectivity index (χ0) is 9.15. The fourth-order valence-corrected chi connectivity index (χ4v) is 1.70. The van der Waals surface area contributed by atoms with Crippen molar-refractivity contribution in [1.82, 2.24) is 0 Å². The molecule has 1 aliphatic heterocycles. The third-order valence-corrected chi connectivity index (χ3v) is 2.52. The Morgan fingerprint density at radius 3 is 3.08 bits per heavy atom. The zero-order valence-corrected chi connectivity index (χ0v) is 7.36. The van der Waals surface area contributed by atoms with E-state index in [1.54, 1.807) is 12.5 Å². The van der Waals surface area contributed by atoms with Crippen LogP contribution in [-0.4, -0.2) is 19.5 Å². The molecular formula is C10H12O3. The van der Waals surface area contributed by atoms with Gasteiger partial charge in [0, 0.05) is 6.61 Å². The molecule has 1 fully saturated rings. The Balaban J connectivity index is 2.10. The molecule has 0 bridgehead atoms. The summed E-state index contributed by atoms with van der Waals surface area (Å²) in [7, 11) is 0. The second kappa shape index (κ2) is 3.34. The van der Waals surface area contributed by atoms with Crippen molar-refractivity contribution in [3.63, 3.8) is 0 Å². The van der Waals surface area contributed by atoms with Crippen LogP contribution in [0.1, 0.15) is 12.0 Å². The fraction of sp³-hybridized carbons (Fsp3) is 0.500. The Morgan fingerprint density at radius 2 is 2.54 bits per heavy atom. The molecule has 0 spiro atoms. The molecule has 0 radical (unpaired) electrons. The van der Waals surface area contributed by atoms with Crippen molar-refractivity contribution in [3.8, 4) is 0 Å². The highest BCUT2D eigenvalue weighted by molar-refractivity contribution is 5.60. The summed E-state index contributed by atoms with van der Waals surface area (Å²) in [6.07, 6.45) is 5.88. The molecule has 1 aliphatic rings. The maximum Gasteiger partial charge on any atom is 0.128 e. The molecule has 1 atom stereocenters. The van der Waals surface area contributed by atoms with E-state index in [-0.39, 0.29) is 5.41 Å². The number of furan rings is 1. The number of ether oxygens (including phenoxy) is 1. The third-order valence-electron chi connectivity index (χ3n) is 2.52. The smallest absolute Gasteiger partial charge is 0.128 e. The lowest BCUT2D eigenvalue weighted by Gasteiger charge is -2.18. The first-order valence-electron chi connectivity index (χ1n) is 4.40. The molecule has 70 valence electrons. The molecular weight excluding hydrogens is 168 g/mol. The van der Waals surface area contributed by atoms with E-state index >= 15 is 0 Å². The summed E-state index contributed by atoms with van der Waals surface area (Å²) in [6, 6.07) is 1.89. The summed E-state index contributed by atoms with van der Waals surface area (Å²) < 4.78 is 10.2. The Kier molecular flexibility index (Phi) is 2.19. The van der Waals surface area contributed by atoms with Gasteiger partial charge in [0.1, 0.15) is 6.29 Å². The average molecular weight is 180 g/mol. The quantitative estimate of drug-likeness (QED) is 0.660. The minimum atomic E-state index is -0.302. The van der Waals surface area contributed by atoms with Crippen molar-refractivity contribution in [2.75, 3.05) is 13.2 Å². The van der Waals surface area contributed by atoms with E-state index in [0.29, 0.717) is 13.2 Å². The topological polar surface area (TPSA) is 39.4 Å². The van der Waals surface area contributed by atoms with Crippen molar-refractivity contribution in [2.45, 2.75) is 12.8 Å². The maximum absolute atomic E-state index is 10.9. The molecule has 1 saturated heterocycles. The van der Waals surface area contributed by atoms with Crippen LogP contribution in [0.3, 0.4) is 0 Å². The average Bonchev–Trinajstić information content (AvgIpc) is 2.77. The van der Waals surface area contributed by atoms with Gasteiger partial charge in [-0.3, -0.25) is 0 Å². The van der Waals surface area contributed by atoms with Gasteiger partial charge >= 0.3 is 0 Å². The highest BCUT2D eigenvalue weighted by Crippen LogP contribution is 2.30. The fourth-order valence-electron chi connectivity index (χ4n) is 1.70. The number of aldehydes is 1. The van der Waals surface area contributed by atoms with Crippen LogP contribution in [-0.2, 0) is 16.0 Å². The van der Waals surface area contributed by atoms with Crippen LogP contribution >= 0.6 is 0 Å². The summed E-state index contributed by atoms with van der Waals surface area (Å²) >= 11 is 0. The van der Waals surface area contributed by atoms with Gasteiger partial charge in [-0.2, -0.15) is 0 Å². The van der Waals surface area contributed by atoms with Gasteiger partial charge in [0.2, 0.25) is 0 Å². The molecule has 1 aromatic rings.